The van der Waals surface area contributed by atoms with Crippen LogP contribution in [-0.2, 0) is 16.6 Å². The zero-order valence-electron chi connectivity index (χ0n) is 10.5. The highest BCUT2D eigenvalue weighted by atomic mass is 32.2. The van der Waals surface area contributed by atoms with Crippen LogP contribution in [0.15, 0.2) is 23.1 Å². The molecule has 0 bridgehead atoms. The van der Waals surface area contributed by atoms with Gasteiger partial charge in [-0.3, -0.25) is 0 Å². The van der Waals surface area contributed by atoms with E-state index in [2.05, 4.69) is 0 Å². The highest BCUT2D eigenvalue weighted by Crippen LogP contribution is 2.19. The van der Waals surface area contributed by atoms with Crippen molar-refractivity contribution in [1.82, 2.24) is 4.31 Å². The predicted octanol–water partition coefficient (Wildman–Crippen LogP) is 1.52. The molecule has 0 saturated carbocycles. The average molecular weight is 257 g/mol. The van der Waals surface area contributed by atoms with Gasteiger partial charge in [-0.1, -0.05) is 19.9 Å². The van der Waals surface area contributed by atoms with Crippen molar-refractivity contribution in [3.05, 3.63) is 29.3 Å². The van der Waals surface area contributed by atoms with Gasteiger partial charge < -0.3 is 5.11 Å². The van der Waals surface area contributed by atoms with E-state index in [1.54, 1.807) is 18.2 Å². The van der Waals surface area contributed by atoms with Gasteiger partial charge in [-0.05, 0) is 30.2 Å². The Bertz CT molecular complexity index is 479. The summed E-state index contributed by atoms with van der Waals surface area (Å²) in [4.78, 5) is 0.246. The molecule has 1 aromatic carbocycles. The molecule has 0 aliphatic carbocycles. The molecule has 0 atom stereocenters. The van der Waals surface area contributed by atoms with Crippen LogP contribution in [0.25, 0.3) is 0 Å². The number of benzene rings is 1. The van der Waals surface area contributed by atoms with Crippen molar-refractivity contribution < 1.29 is 13.5 Å². The van der Waals surface area contributed by atoms with Crippen LogP contribution < -0.4 is 0 Å². The molecule has 17 heavy (non-hydrogen) atoms. The summed E-state index contributed by atoms with van der Waals surface area (Å²) in [5, 5.41) is 9.15. The molecule has 0 heterocycles. The zero-order valence-corrected chi connectivity index (χ0v) is 11.3. The van der Waals surface area contributed by atoms with Crippen LogP contribution >= 0.6 is 0 Å². The van der Waals surface area contributed by atoms with Crippen LogP contribution in [0.3, 0.4) is 0 Å². The zero-order chi connectivity index (χ0) is 13.1. The average Bonchev–Trinajstić information content (AvgIpc) is 2.30. The van der Waals surface area contributed by atoms with Crippen molar-refractivity contribution in [2.24, 2.45) is 0 Å². The summed E-state index contributed by atoms with van der Waals surface area (Å²) in [5.74, 6) is 0. The second-order valence-electron chi connectivity index (χ2n) is 3.84. The fourth-order valence-corrected chi connectivity index (χ4v) is 3.20. The fraction of sp³-hybridized carbons (Fsp3) is 0.500. The highest BCUT2D eigenvalue weighted by Gasteiger charge is 2.21. The van der Waals surface area contributed by atoms with Gasteiger partial charge in [0, 0.05) is 13.1 Å². The first-order chi connectivity index (χ1) is 7.97. The van der Waals surface area contributed by atoms with Gasteiger partial charge in [0.1, 0.15) is 0 Å². The number of nitrogens with zero attached hydrogens (tertiary/aromatic N) is 1. The monoisotopic (exact) mass is 257 g/mol. The molecular weight excluding hydrogens is 238 g/mol. The van der Waals surface area contributed by atoms with E-state index in [4.69, 9.17) is 5.11 Å². The summed E-state index contributed by atoms with van der Waals surface area (Å²) in [6, 6.07) is 4.85. The maximum atomic E-state index is 12.2. The van der Waals surface area contributed by atoms with Gasteiger partial charge in [-0.2, -0.15) is 4.31 Å². The van der Waals surface area contributed by atoms with Crippen molar-refractivity contribution in [2.75, 3.05) is 13.1 Å². The molecule has 0 aliphatic heterocycles. The highest BCUT2D eigenvalue weighted by molar-refractivity contribution is 7.89. The van der Waals surface area contributed by atoms with E-state index in [1.165, 1.54) is 4.31 Å². The van der Waals surface area contributed by atoms with Gasteiger partial charge in [0.05, 0.1) is 11.5 Å². The maximum absolute atomic E-state index is 12.2. The van der Waals surface area contributed by atoms with E-state index in [1.807, 2.05) is 20.8 Å². The quantitative estimate of drug-likeness (QED) is 0.870. The summed E-state index contributed by atoms with van der Waals surface area (Å²) in [5.41, 5.74) is 1.55. The first-order valence-corrected chi connectivity index (χ1v) is 7.11. The SMILES string of the molecule is CCN(CC)S(=O)(=O)c1ccc(C)c(CO)c1. The Morgan fingerprint density at radius 1 is 1.24 bits per heavy atom. The second-order valence-corrected chi connectivity index (χ2v) is 5.77. The molecule has 1 N–H and O–H groups in total. The molecule has 96 valence electrons. The normalized spacial score (nSPS) is 12.1. The van der Waals surface area contributed by atoms with Gasteiger partial charge in [0.2, 0.25) is 10.0 Å². The number of aliphatic hydroxyl groups is 1. The third-order valence-electron chi connectivity index (χ3n) is 2.83. The van der Waals surface area contributed by atoms with E-state index in [0.717, 1.165) is 5.56 Å². The molecule has 0 aliphatic rings. The molecule has 0 aromatic heterocycles. The van der Waals surface area contributed by atoms with Gasteiger partial charge >= 0.3 is 0 Å². The molecule has 1 rings (SSSR count). The van der Waals surface area contributed by atoms with E-state index < -0.39 is 10.0 Å². The van der Waals surface area contributed by atoms with E-state index >= 15 is 0 Å². The van der Waals surface area contributed by atoms with E-state index in [0.29, 0.717) is 18.7 Å². The minimum atomic E-state index is -3.43. The third-order valence-corrected chi connectivity index (χ3v) is 4.88. The molecule has 0 spiro atoms. The van der Waals surface area contributed by atoms with Crippen LogP contribution in [-0.4, -0.2) is 30.9 Å². The summed E-state index contributed by atoms with van der Waals surface area (Å²) >= 11 is 0. The number of hydrogen-bond acceptors (Lipinski definition) is 3. The lowest BCUT2D eigenvalue weighted by Crippen LogP contribution is -2.30. The molecule has 1 aromatic rings. The number of hydrogen-bond donors (Lipinski definition) is 1. The molecule has 0 fully saturated rings. The summed E-state index contributed by atoms with van der Waals surface area (Å²) < 4.78 is 25.8. The molecule has 4 nitrogen and oxygen atoms in total. The fourth-order valence-electron chi connectivity index (χ4n) is 1.69. The van der Waals surface area contributed by atoms with E-state index in [9.17, 15) is 8.42 Å². The van der Waals surface area contributed by atoms with E-state index in [-0.39, 0.29) is 11.5 Å². The number of aliphatic hydroxyl groups excluding tert-OH is 1. The molecule has 0 unspecified atom stereocenters. The maximum Gasteiger partial charge on any atom is 0.243 e. The van der Waals surface area contributed by atoms with Crippen LogP contribution in [0.4, 0.5) is 0 Å². The van der Waals surface area contributed by atoms with Crippen LogP contribution in [0.2, 0.25) is 0 Å². The minimum Gasteiger partial charge on any atom is -0.392 e. The minimum absolute atomic E-state index is 0.145. The predicted molar refractivity (Wildman–Crippen MR) is 67.2 cm³/mol. The van der Waals surface area contributed by atoms with Gasteiger partial charge in [-0.15, -0.1) is 0 Å². The Balaban J connectivity index is 3.24. The Morgan fingerprint density at radius 2 is 1.82 bits per heavy atom. The first-order valence-electron chi connectivity index (χ1n) is 5.67. The Labute approximate surface area is 103 Å². The van der Waals surface area contributed by atoms with Gasteiger partial charge in [0.25, 0.3) is 0 Å². The van der Waals surface area contributed by atoms with Crippen molar-refractivity contribution in [1.29, 1.82) is 0 Å². The van der Waals surface area contributed by atoms with Gasteiger partial charge in [0.15, 0.2) is 0 Å². The smallest absolute Gasteiger partial charge is 0.243 e. The lowest BCUT2D eigenvalue weighted by molar-refractivity contribution is 0.280. The third kappa shape index (κ3) is 2.86. The standard InChI is InChI=1S/C12H19NO3S/c1-4-13(5-2)17(15,16)12-7-6-10(3)11(8-12)9-14/h6-8,14H,4-5,9H2,1-3H3. The van der Waals surface area contributed by atoms with Crippen LogP contribution in [0.1, 0.15) is 25.0 Å². The topological polar surface area (TPSA) is 57.6 Å². The lowest BCUT2D eigenvalue weighted by Gasteiger charge is -2.19. The van der Waals surface area contributed by atoms with Crippen LogP contribution in [0.5, 0.6) is 0 Å². The molecule has 0 radical (unpaired) electrons. The summed E-state index contributed by atoms with van der Waals surface area (Å²) in [6.07, 6.45) is 0. The molecule has 0 amide bonds. The summed E-state index contributed by atoms with van der Waals surface area (Å²) in [7, 11) is -3.43. The van der Waals surface area contributed by atoms with Crippen molar-refractivity contribution in [3.63, 3.8) is 0 Å². The lowest BCUT2D eigenvalue weighted by atomic mass is 10.1. The summed E-state index contributed by atoms with van der Waals surface area (Å²) in [6.45, 7) is 6.21. The largest absolute Gasteiger partial charge is 0.392 e. The Kier molecular flexibility index (Phi) is 4.68. The van der Waals surface area contributed by atoms with Crippen molar-refractivity contribution >= 4 is 10.0 Å². The number of sulfonamides is 1. The van der Waals surface area contributed by atoms with Crippen molar-refractivity contribution in [2.45, 2.75) is 32.3 Å². The first kappa shape index (κ1) is 14.2. The number of rotatable bonds is 5. The Morgan fingerprint density at radius 3 is 2.29 bits per heavy atom. The van der Waals surface area contributed by atoms with Crippen LogP contribution in [0, 0.1) is 6.92 Å². The molecule has 5 heteroatoms. The number of aryl methyl sites for hydroxylation is 1. The van der Waals surface area contributed by atoms with Crippen molar-refractivity contribution in [3.8, 4) is 0 Å². The van der Waals surface area contributed by atoms with Gasteiger partial charge in [-0.25, -0.2) is 8.42 Å². The second kappa shape index (κ2) is 5.62. The Hall–Kier alpha value is -0.910. The molecular formula is C12H19NO3S. The molecule has 0 saturated heterocycles.